The van der Waals surface area contributed by atoms with Crippen molar-refractivity contribution >= 4 is 11.6 Å². The van der Waals surface area contributed by atoms with Crippen molar-refractivity contribution < 1.29 is 9.18 Å². The first-order valence-electron chi connectivity index (χ1n) is 7.84. The van der Waals surface area contributed by atoms with E-state index in [9.17, 15) is 9.18 Å². The smallest absolute Gasteiger partial charge is 0.244 e. The summed E-state index contributed by atoms with van der Waals surface area (Å²) in [5, 5.41) is 7.53. The van der Waals surface area contributed by atoms with Crippen molar-refractivity contribution in [1.82, 2.24) is 15.1 Å². The van der Waals surface area contributed by atoms with Crippen LogP contribution in [0.4, 0.5) is 10.1 Å². The summed E-state index contributed by atoms with van der Waals surface area (Å²) < 4.78 is 15.2. The average molecular weight is 316 g/mol. The molecule has 6 heteroatoms. The van der Waals surface area contributed by atoms with Gasteiger partial charge in [0.05, 0.1) is 12.2 Å². The summed E-state index contributed by atoms with van der Waals surface area (Å²) in [6.45, 7) is 3.24. The van der Waals surface area contributed by atoms with Crippen molar-refractivity contribution in [3.8, 4) is 0 Å². The van der Waals surface area contributed by atoms with Crippen molar-refractivity contribution in [2.75, 3.05) is 11.4 Å². The number of amides is 1. The van der Waals surface area contributed by atoms with Crippen LogP contribution in [0, 0.1) is 12.7 Å². The number of benzene rings is 1. The third-order valence-corrected chi connectivity index (χ3v) is 4.43. The summed E-state index contributed by atoms with van der Waals surface area (Å²) in [6.07, 6.45) is 3.51. The van der Waals surface area contributed by atoms with Gasteiger partial charge in [-0.15, -0.1) is 0 Å². The first-order chi connectivity index (χ1) is 11.1. The summed E-state index contributed by atoms with van der Waals surface area (Å²) in [7, 11) is 1.90. The predicted octanol–water partition coefficient (Wildman–Crippen LogP) is 2.15. The van der Waals surface area contributed by atoms with E-state index < -0.39 is 0 Å². The lowest BCUT2D eigenvalue weighted by Gasteiger charge is -2.32. The molecule has 1 fully saturated rings. The molecule has 5 nitrogen and oxygen atoms in total. The number of hydrogen-bond donors (Lipinski definition) is 1. The van der Waals surface area contributed by atoms with E-state index in [1.54, 1.807) is 17.0 Å². The van der Waals surface area contributed by atoms with Crippen LogP contribution in [0.3, 0.4) is 0 Å². The maximum Gasteiger partial charge on any atom is 0.244 e. The number of piperidine rings is 1. The van der Waals surface area contributed by atoms with Gasteiger partial charge < -0.3 is 10.2 Å². The molecule has 0 aliphatic carbocycles. The lowest BCUT2D eigenvalue weighted by Crippen LogP contribution is -2.50. The molecular formula is C17H21FN4O. The number of aryl methyl sites for hydroxylation is 1. The highest BCUT2D eigenvalue weighted by molar-refractivity contribution is 5.97. The molecule has 0 bridgehead atoms. The van der Waals surface area contributed by atoms with Crippen LogP contribution in [-0.4, -0.2) is 28.3 Å². The van der Waals surface area contributed by atoms with Gasteiger partial charge >= 0.3 is 0 Å². The van der Waals surface area contributed by atoms with Crippen LogP contribution in [0.5, 0.6) is 0 Å². The van der Waals surface area contributed by atoms with Crippen molar-refractivity contribution in [2.24, 2.45) is 7.05 Å². The molecule has 2 aromatic rings. The van der Waals surface area contributed by atoms with Gasteiger partial charge in [0.2, 0.25) is 5.91 Å². The number of nitrogens with one attached hydrogen (secondary N) is 1. The summed E-state index contributed by atoms with van der Waals surface area (Å²) >= 11 is 0. The second kappa shape index (κ2) is 6.50. The normalized spacial score (nSPS) is 18.5. The fourth-order valence-electron chi connectivity index (χ4n) is 2.92. The van der Waals surface area contributed by atoms with Gasteiger partial charge in [-0.3, -0.25) is 9.48 Å². The Labute approximate surface area is 135 Å². The van der Waals surface area contributed by atoms with Crippen LogP contribution in [0.2, 0.25) is 0 Å². The number of carbonyl (C=O) groups is 1. The minimum Gasteiger partial charge on any atom is -0.311 e. The molecule has 1 aliphatic heterocycles. The number of halogens is 1. The molecule has 1 amide bonds. The fourth-order valence-corrected chi connectivity index (χ4v) is 2.92. The zero-order valence-corrected chi connectivity index (χ0v) is 13.4. The number of aromatic nitrogens is 2. The number of nitrogens with zero attached hydrogens (tertiary/aromatic N) is 3. The van der Waals surface area contributed by atoms with Gasteiger partial charge in [-0.1, -0.05) is 6.07 Å². The molecule has 1 unspecified atom stereocenters. The Morgan fingerprint density at radius 1 is 1.43 bits per heavy atom. The molecule has 2 heterocycles. The van der Waals surface area contributed by atoms with Gasteiger partial charge in [0.1, 0.15) is 5.82 Å². The molecule has 1 aromatic heterocycles. The molecule has 1 aromatic carbocycles. The maximum atomic E-state index is 13.4. The third kappa shape index (κ3) is 3.27. The molecule has 122 valence electrons. The molecular weight excluding hydrogens is 295 g/mol. The van der Waals surface area contributed by atoms with Crippen LogP contribution in [-0.2, 0) is 18.4 Å². The Kier molecular flexibility index (Phi) is 4.43. The molecule has 3 rings (SSSR count). The Bertz CT molecular complexity index is 712. The minimum absolute atomic E-state index is 0.00314. The van der Waals surface area contributed by atoms with Gasteiger partial charge in [-0.05, 0) is 38.0 Å². The van der Waals surface area contributed by atoms with Crippen molar-refractivity contribution in [2.45, 2.75) is 32.4 Å². The maximum absolute atomic E-state index is 13.4. The molecule has 1 aliphatic rings. The largest absolute Gasteiger partial charge is 0.311 e. The lowest BCUT2D eigenvalue weighted by molar-refractivity contribution is -0.121. The van der Waals surface area contributed by atoms with Crippen LogP contribution >= 0.6 is 0 Å². The van der Waals surface area contributed by atoms with Crippen molar-refractivity contribution in [1.29, 1.82) is 0 Å². The van der Waals surface area contributed by atoms with E-state index in [2.05, 4.69) is 10.4 Å². The van der Waals surface area contributed by atoms with Crippen molar-refractivity contribution in [3.05, 3.63) is 47.5 Å². The predicted molar refractivity (Wildman–Crippen MR) is 86.6 cm³/mol. The molecule has 0 saturated carbocycles. The van der Waals surface area contributed by atoms with Crippen LogP contribution in [0.15, 0.2) is 30.5 Å². The van der Waals surface area contributed by atoms with E-state index in [1.165, 1.54) is 12.1 Å². The summed E-state index contributed by atoms with van der Waals surface area (Å²) in [6, 6.07) is 5.96. The lowest BCUT2D eigenvalue weighted by atomic mass is 10.0. The first-order valence-corrected chi connectivity index (χ1v) is 7.84. The second-order valence-electron chi connectivity index (χ2n) is 5.92. The molecule has 1 saturated heterocycles. The van der Waals surface area contributed by atoms with Gasteiger partial charge in [0.15, 0.2) is 0 Å². The Hall–Kier alpha value is -2.21. The molecule has 0 spiro atoms. The molecule has 23 heavy (non-hydrogen) atoms. The summed E-state index contributed by atoms with van der Waals surface area (Å²) in [5.74, 6) is -0.320. The number of hydrogen-bond acceptors (Lipinski definition) is 3. The monoisotopic (exact) mass is 316 g/mol. The molecule has 1 N–H and O–H groups in total. The average Bonchev–Trinajstić information content (AvgIpc) is 2.86. The van der Waals surface area contributed by atoms with E-state index in [-0.39, 0.29) is 17.8 Å². The standard InChI is InChI=1S/C17H21FN4O/c1-12-13(11-20-21(12)2)10-19-16-7-4-8-22(17(16)23)15-6-3-5-14(18)9-15/h3,5-6,9,11,16,19H,4,7-8,10H2,1-2H3. The highest BCUT2D eigenvalue weighted by Gasteiger charge is 2.29. The van der Waals surface area contributed by atoms with Gasteiger partial charge in [-0.2, -0.15) is 5.10 Å². The topological polar surface area (TPSA) is 50.2 Å². The van der Waals surface area contributed by atoms with E-state index in [0.29, 0.717) is 18.8 Å². The zero-order valence-electron chi connectivity index (χ0n) is 13.4. The minimum atomic E-state index is -0.323. The zero-order chi connectivity index (χ0) is 16.4. The second-order valence-corrected chi connectivity index (χ2v) is 5.92. The van der Waals surface area contributed by atoms with E-state index in [0.717, 1.165) is 24.1 Å². The SMILES string of the molecule is Cc1c(CNC2CCCN(c3cccc(F)c3)C2=O)cnn1C. The number of anilines is 1. The Balaban J connectivity index is 1.69. The van der Waals surface area contributed by atoms with Crippen LogP contribution < -0.4 is 10.2 Å². The first kappa shape index (κ1) is 15.7. The van der Waals surface area contributed by atoms with Crippen LogP contribution in [0.25, 0.3) is 0 Å². The quantitative estimate of drug-likeness (QED) is 0.940. The van der Waals surface area contributed by atoms with Gasteiger partial charge in [-0.25, -0.2) is 4.39 Å². The molecule has 0 radical (unpaired) electrons. The number of rotatable bonds is 4. The van der Waals surface area contributed by atoms with E-state index >= 15 is 0 Å². The Morgan fingerprint density at radius 2 is 2.26 bits per heavy atom. The fraction of sp³-hybridized carbons (Fsp3) is 0.412. The highest BCUT2D eigenvalue weighted by Crippen LogP contribution is 2.22. The highest BCUT2D eigenvalue weighted by atomic mass is 19.1. The number of carbonyl (C=O) groups excluding carboxylic acids is 1. The summed E-state index contributed by atoms with van der Waals surface area (Å²) in [5.41, 5.74) is 2.80. The van der Waals surface area contributed by atoms with Crippen molar-refractivity contribution in [3.63, 3.8) is 0 Å². The Morgan fingerprint density at radius 3 is 2.96 bits per heavy atom. The van der Waals surface area contributed by atoms with E-state index in [1.807, 2.05) is 24.9 Å². The third-order valence-electron chi connectivity index (χ3n) is 4.43. The summed E-state index contributed by atoms with van der Waals surface area (Å²) in [4.78, 5) is 14.3. The van der Waals surface area contributed by atoms with Gasteiger partial charge in [0.25, 0.3) is 0 Å². The van der Waals surface area contributed by atoms with E-state index in [4.69, 9.17) is 0 Å². The van der Waals surface area contributed by atoms with Crippen LogP contribution in [0.1, 0.15) is 24.1 Å². The van der Waals surface area contributed by atoms with Gasteiger partial charge in [0, 0.05) is 37.1 Å². The molecule has 1 atom stereocenters.